The van der Waals surface area contributed by atoms with Crippen molar-refractivity contribution >= 4 is 17.7 Å². The van der Waals surface area contributed by atoms with Crippen LogP contribution in [0.4, 0.5) is 0 Å². The first-order valence-electron chi connectivity index (χ1n) is 10.1. The second-order valence-electron chi connectivity index (χ2n) is 7.45. The van der Waals surface area contributed by atoms with Crippen molar-refractivity contribution in [2.45, 2.75) is 38.1 Å². The molecule has 2 aromatic rings. The van der Waals surface area contributed by atoms with Crippen LogP contribution < -0.4 is 10.1 Å². The lowest BCUT2D eigenvalue weighted by Gasteiger charge is -2.29. The van der Waals surface area contributed by atoms with Crippen LogP contribution in [0.5, 0.6) is 5.75 Å². The molecule has 1 N–H and O–H groups in total. The molecular weight excluding hydrogens is 368 g/mol. The average molecular weight is 392 g/mol. The van der Waals surface area contributed by atoms with E-state index in [0.717, 1.165) is 37.9 Å². The minimum Gasteiger partial charge on any atom is -0.492 e. The molecule has 2 aliphatic rings. The Hall–Kier alpha value is -3.15. The van der Waals surface area contributed by atoms with E-state index in [4.69, 9.17) is 4.74 Å². The summed E-state index contributed by atoms with van der Waals surface area (Å²) in [5.74, 6) is -0.0638. The highest BCUT2D eigenvalue weighted by Gasteiger charge is 2.40. The van der Waals surface area contributed by atoms with Crippen LogP contribution in [0.2, 0.25) is 0 Å². The molecule has 0 saturated heterocycles. The monoisotopic (exact) mass is 392 g/mol. The van der Waals surface area contributed by atoms with Gasteiger partial charge in [0, 0.05) is 11.6 Å². The molecule has 4 rings (SSSR count). The molecular formula is C23H24N2O4. The molecule has 2 aromatic carbocycles. The molecule has 0 radical (unpaired) electrons. The fourth-order valence-corrected chi connectivity index (χ4v) is 4.02. The van der Waals surface area contributed by atoms with Crippen LogP contribution in [0.25, 0.3) is 0 Å². The fraction of sp³-hybridized carbons (Fsp3) is 0.348. The first-order valence-corrected chi connectivity index (χ1v) is 10.1. The highest BCUT2D eigenvalue weighted by atomic mass is 16.5. The number of hydrogen-bond donors (Lipinski definition) is 1. The van der Waals surface area contributed by atoms with Crippen molar-refractivity contribution in [1.29, 1.82) is 0 Å². The van der Waals surface area contributed by atoms with Crippen LogP contribution in [-0.2, 0) is 0 Å². The molecule has 6 heteroatoms. The quantitative estimate of drug-likeness (QED) is 0.604. The number of ether oxygens (including phenoxy) is 1. The molecule has 0 unspecified atom stereocenters. The predicted octanol–water partition coefficient (Wildman–Crippen LogP) is 3.42. The number of carbonyl (C=O) groups is 3. The number of carbonyl (C=O) groups excluding carboxylic acids is 3. The van der Waals surface area contributed by atoms with Crippen LogP contribution in [-0.4, -0.2) is 41.8 Å². The van der Waals surface area contributed by atoms with Gasteiger partial charge >= 0.3 is 0 Å². The van der Waals surface area contributed by atoms with Gasteiger partial charge in [-0.25, -0.2) is 0 Å². The van der Waals surface area contributed by atoms with Gasteiger partial charge in [0.05, 0.1) is 17.7 Å². The van der Waals surface area contributed by atoms with Gasteiger partial charge in [0.25, 0.3) is 17.7 Å². The summed E-state index contributed by atoms with van der Waals surface area (Å²) in [4.78, 5) is 39.4. The van der Waals surface area contributed by atoms with Crippen LogP contribution in [0.3, 0.4) is 0 Å². The Balaban J connectivity index is 1.38. The Morgan fingerprint density at radius 3 is 2.45 bits per heavy atom. The summed E-state index contributed by atoms with van der Waals surface area (Å²) in [6.07, 6.45) is 4.95. The number of benzene rings is 2. The van der Waals surface area contributed by atoms with Gasteiger partial charge in [-0.1, -0.05) is 37.5 Å². The van der Waals surface area contributed by atoms with E-state index in [9.17, 15) is 14.4 Å². The Labute approximate surface area is 169 Å². The van der Waals surface area contributed by atoms with E-state index in [-0.39, 0.29) is 23.8 Å². The lowest BCUT2D eigenvalue weighted by molar-refractivity contribution is 0.0549. The molecule has 0 bridgehead atoms. The SMILES string of the molecule is O=C(NCCOc1ccccc1)c1ccc2c(c1)C(=O)N(C1CCCCC1)C2=O. The molecule has 150 valence electrons. The molecule has 6 nitrogen and oxygen atoms in total. The molecule has 1 saturated carbocycles. The third-order valence-corrected chi connectivity index (χ3v) is 5.52. The summed E-state index contributed by atoms with van der Waals surface area (Å²) >= 11 is 0. The van der Waals surface area contributed by atoms with Crippen molar-refractivity contribution in [2.24, 2.45) is 0 Å². The molecule has 1 heterocycles. The van der Waals surface area contributed by atoms with E-state index in [2.05, 4.69) is 5.32 Å². The highest BCUT2D eigenvalue weighted by molar-refractivity contribution is 6.22. The maximum absolute atomic E-state index is 12.9. The van der Waals surface area contributed by atoms with E-state index in [0.29, 0.717) is 29.8 Å². The number of rotatable bonds is 6. The fourth-order valence-electron chi connectivity index (χ4n) is 4.02. The van der Waals surface area contributed by atoms with E-state index < -0.39 is 0 Å². The number of fused-ring (bicyclic) bond motifs is 1. The number of hydrogen-bond acceptors (Lipinski definition) is 4. The number of nitrogens with zero attached hydrogens (tertiary/aromatic N) is 1. The summed E-state index contributed by atoms with van der Waals surface area (Å²) in [5, 5.41) is 2.79. The van der Waals surface area contributed by atoms with Gasteiger partial charge in [0.2, 0.25) is 0 Å². The number of amides is 3. The number of imide groups is 1. The van der Waals surface area contributed by atoms with Gasteiger partial charge in [0.1, 0.15) is 12.4 Å². The molecule has 1 fully saturated rings. The zero-order chi connectivity index (χ0) is 20.2. The Bertz CT molecular complexity index is 920. The maximum Gasteiger partial charge on any atom is 0.261 e. The standard InChI is InChI=1S/C23H24N2O4/c26-21(24-13-14-29-18-9-5-2-6-10-18)16-11-12-19-20(15-16)23(28)25(22(19)27)17-7-3-1-4-8-17/h2,5-6,9-12,15,17H,1,3-4,7-8,13-14H2,(H,24,26). The minimum absolute atomic E-state index is 0.0245. The smallest absolute Gasteiger partial charge is 0.261 e. The maximum atomic E-state index is 12.9. The van der Waals surface area contributed by atoms with Crippen LogP contribution in [0, 0.1) is 0 Å². The molecule has 3 amide bonds. The lowest BCUT2D eigenvalue weighted by atomic mass is 9.94. The molecule has 0 spiro atoms. The van der Waals surface area contributed by atoms with E-state index in [1.54, 1.807) is 12.1 Å². The Morgan fingerprint density at radius 1 is 0.966 bits per heavy atom. The Morgan fingerprint density at radius 2 is 1.69 bits per heavy atom. The van der Waals surface area contributed by atoms with Crippen LogP contribution >= 0.6 is 0 Å². The van der Waals surface area contributed by atoms with Crippen molar-refractivity contribution < 1.29 is 19.1 Å². The normalized spacial score (nSPS) is 16.6. The molecule has 0 atom stereocenters. The molecule has 0 aromatic heterocycles. The van der Waals surface area contributed by atoms with Crippen LogP contribution in [0.15, 0.2) is 48.5 Å². The van der Waals surface area contributed by atoms with Crippen molar-refractivity contribution in [3.8, 4) is 5.75 Å². The largest absolute Gasteiger partial charge is 0.492 e. The predicted molar refractivity (Wildman–Crippen MR) is 108 cm³/mol. The summed E-state index contributed by atoms with van der Waals surface area (Å²) in [6.45, 7) is 0.680. The second-order valence-corrected chi connectivity index (χ2v) is 7.45. The number of nitrogens with one attached hydrogen (secondary N) is 1. The summed E-state index contributed by atoms with van der Waals surface area (Å²) in [7, 11) is 0. The second kappa shape index (κ2) is 8.47. The van der Waals surface area contributed by atoms with Gasteiger partial charge in [-0.3, -0.25) is 19.3 Å². The average Bonchev–Trinajstić information content (AvgIpc) is 3.02. The van der Waals surface area contributed by atoms with Crippen LogP contribution in [0.1, 0.15) is 63.2 Å². The van der Waals surface area contributed by atoms with Gasteiger partial charge < -0.3 is 10.1 Å². The van der Waals surface area contributed by atoms with Gasteiger partial charge in [-0.2, -0.15) is 0 Å². The van der Waals surface area contributed by atoms with Gasteiger partial charge in [0.15, 0.2) is 0 Å². The minimum atomic E-state index is -0.291. The van der Waals surface area contributed by atoms with Crippen molar-refractivity contribution in [3.63, 3.8) is 0 Å². The summed E-state index contributed by atoms with van der Waals surface area (Å²) in [6, 6.07) is 14.1. The molecule has 1 aliphatic heterocycles. The summed E-state index contributed by atoms with van der Waals surface area (Å²) in [5.41, 5.74) is 1.09. The zero-order valence-corrected chi connectivity index (χ0v) is 16.2. The first-order chi connectivity index (χ1) is 14.1. The van der Waals surface area contributed by atoms with Gasteiger partial charge in [-0.15, -0.1) is 0 Å². The van der Waals surface area contributed by atoms with Crippen molar-refractivity contribution in [1.82, 2.24) is 10.2 Å². The lowest BCUT2D eigenvalue weighted by Crippen LogP contribution is -2.40. The zero-order valence-electron chi connectivity index (χ0n) is 16.2. The van der Waals surface area contributed by atoms with E-state index in [1.807, 2.05) is 30.3 Å². The highest BCUT2D eigenvalue weighted by Crippen LogP contribution is 2.31. The topological polar surface area (TPSA) is 75.7 Å². The Kier molecular flexibility index (Phi) is 5.60. The van der Waals surface area contributed by atoms with E-state index >= 15 is 0 Å². The van der Waals surface area contributed by atoms with Crippen molar-refractivity contribution in [3.05, 3.63) is 65.2 Å². The third kappa shape index (κ3) is 4.01. The number of para-hydroxylation sites is 1. The van der Waals surface area contributed by atoms with E-state index in [1.165, 1.54) is 11.0 Å². The molecule has 29 heavy (non-hydrogen) atoms. The third-order valence-electron chi connectivity index (χ3n) is 5.52. The van der Waals surface area contributed by atoms with Gasteiger partial charge in [-0.05, 0) is 43.2 Å². The summed E-state index contributed by atoms with van der Waals surface area (Å²) < 4.78 is 5.56. The first kappa shape index (κ1) is 19.2. The van der Waals surface area contributed by atoms with Crippen molar-refractivity contribution in [2.75, 3.05) is 13.2 Å². The molecule has 1 aliphatic carbocycles.